The maximum absolute atomic E-state index is 12.9. The van der Waals surface area contributed by atoms with E-state index in [-0.39, 0.29) is 0 Å². The van der Waals surface area contributed by atoms with Crippen LogP contribution in [0.3, 0.4) is 0 Å². The van der Waals surface area contributed by atoms with Gasteiger partial charge >= 0.3 is 11.9 Å². The lowest BCUT2D eigenvalue weighted by Gasteiger charge is -2.36. The molecule has 0 spiro atoms. The summed E-state index contributed by atoms with van der Waals surface area (Å²) < 4.78 is 45.3. The molecule has 0 radical (unpaired) electrons. The maximum atomic E-state index is 12.9. The number of nitrogens with zero attached hydrogens (tertiary/aromatic N) is 4. The first-order valence-electron chi connectivity index (χ1n) is 8.51. The first-order chi connectivity index (χ1) is 12.9. The maximum Gasteiger partial charge on any atom is 0.422 e. The molecular formula is C18H17F3N4O2. The monoisotopic (exact) mass is 378 g/mol. The van der Waals surface area contributed by atoms with Crippen LogP contribution in [0.4, 0.5) is 18.9 Å². The third kappa shape index (κ3) is 3.55. The van der Waals surface area contributed by atoms with Crippen LogP contribution >= 0.6 is 0 Å². The van der Waals surface area contributed by atoms with Gasteiger partial charge in [-0.2, -0.15) is 13.2 Å². The fourth-order valence-corrected chi connectivity index (χ4v) is 3.25. The van der Waals surface area contributed by atoms with E-state index >= 15 is 0 Å². The summed E-state index contributed by atoms with van der Waals surface area (Å²) in [6.45, 7) is 2.70. The summed E-state index contributed by atoms with van der Waals surface area (Å²) in [5.41, 5.74) is 0.829. The molecule has 0 atom stereocenters. The molecule has 3 aromatic rings. The zero-order valence-electron chi connectivity index (χ0n) is 14.3. The zero-order valence-corrected chi connectivity index (χ0v) is 14.3. The van der Waals surface area contributed by atoms with Crippen molar-refractivity contribution in [2.24, 2.45) is 0 Å². The van der Waals surface area contributed by atoms with Crippen LogP contribution in [0.1, 0.15) is 5.56 Å². The Morgan fingerprint density at radius 3 is 2.59 bits per heavy atom. The molecule has 1 aromatic carbocycles. The number of rotatable bonds is 3. The molecule has 1 saturated heterocycles. The van der Waals surface area contributed by atoms with Gasteiger partial charge in [-0.15, -0.1) is 0 Å². The van der Waals surface area contributed by atoms with E-state index in [4.69, 9.17) is 4.42 Å². The molecule has 0 unspecified atom stereocenters. The van der Waals surface area contributed by atoms with E-state index in [2.05, 4.69) is 9.88 Å². The quantitative estimate of drug-likeness (QED) is 0.702. The van der Waals surface area contributed by atoms with Crippen LogP contribution in [0.25, 0.3) is 11.2 Å². The Labute approximate surface area is 152 Å². The minimum absolute atomic E-state index is 0.333. The Morgan fingerprint density at radius 2 is 1.85 bits per heavy atom. The highest BCUT2D eigenvalue weighted by Crippen LogP contribution is 2.31. The highest BCUT2D eigenvalue weighted by molar-refractivity contribution is 5.67. The lowest BCUT2D eigenvalue weighted by atomic mass is 10.1. The fraction of sp³-hybridized carbons (Fsp3) is 0.333. The Morgan fingerprint density at radius 1 is 1.07 bits per heavy atom. The molecule has 1 fully saturated rings. The molecule has 2 aromatic heterocycles. The van der Waals surface area contributed by atoms with Crippen LogP contribution in [-0.4, -0.2) is 40.6 Å². The predicted octanol–water partition coefficient (Wildman–Crippen LogP) is 2.79. The minimum Gasteiger partial charge on any atom is -0.406 e. The Bertz CT molecular complexity index is 1000. The van der Waals surface area contributed by atoms with Crippen LogP contribution in [0, 0.1) is 0 Å². The lowest BCUT2D eigenvalue weighted by molar-refractivity contribution is -0.137. The van der Waals surface area contributed by atoms with E-state index in [1.165, 1.54) is 16.7 Å². The van der Waals surface area contributed by atoms with E-state index in [1.54, 1.807) is 24.4 Å². The average Bonchev–Trinajstić information content (AvgIpc) is 2.97. The number of alkyl halides is 3. The van der Waals surface area contributed by atoms with Crippen molar-refractivity contribution < 1.29 is 17.6 Å². The van der Waals surface area contributed by atoms with Gasteiger partial charge in [-0.1, -0.05) is 6.07 Å². The second kappa shape index (κ2) is 6.73. The molecule has 0 bridgehead atoms. The van der Waals surface area contributed by atoms with Crippen molar-refractivity contribution in [3.05, 3.63) is 58.7 Å². The summed E-state index contributed by atoms with van der Waals surface area (Å²) in [7, 11) is 0. The van der Waals surface area contributed by atoms with Crippen LogP contribution < -0.4 is 10.7 Å². The van der Waals surface area contributed by atoms with Gasteiger partial charge in [0.1, 0.15) is 0 Å². The highest BCUT2D eigenvalue weighted by Gasteiger charge is 2.31. The third-order valence-corrected chi connectivity index (χ3v) is 4.68. The van der Waals surface area contributed by atoms with Gasteiger partial charge in [0.25, 0.3) is 0 Å². The first-order valence-corrected chi connectivity index (χ1v) is 8.51. The summed E-state index contributed by atoms with van der Waals surface area (Å²) in [6, 6.07) is 8.74. The normalized spacial score (nSPS) is 16.2. The largest absolute Gasteiger partial charge is 0.422 e. The number of anilines is 1. The molecule has 142 valence electrons. The number of hydrogen-bond donors (Lipinski definition) is 0. The van der Waals surface area contributed by atoms with Crippen molar-refractivity contribution >= 4 is 16.9 Å². The van der Waals surface area contributed by atoms with Gasteiger partial charge < -0.3 is 9.32 Å². The van der Waals surface area contributed by atoms with E-state index in [9.17, 15) is 18.0 Å². The van der Waals surface area contributed by atoms with Crippen molar-refractivity contribution in [2.75, 3.05) is 31.1 Å². The Balaban J connectivity index is 1.45. The van der Waals surface area contributed by atoms with Crippen LogP contribution in [-0.2, 0) is 12.8 Å². The second-order valence-electron chi connectivity index (χ2n) is 6.42. The zero-order chi connectivity index (χ0) is 19.0. The summed E-state index contributed by atoms with van der Waals surface area (Å²) in [5, 5.41) is 0. The first kappa shape index (κ1) is 17.6. The highest BCUT2D eigenvalue weighted by atomic mass is 19.4. The number of piperazine rings is 1. The van der Waals surface area contributed by atoms with Gasteiger partial charge in [-0.3, -0.25) is 4.90 Å². The van der Waals surface area contributed by atoms with E-state index in [0.717, 1.165) is 6.07 Å². The standard InChI is InChI=1S/C18H17F3N4O2/c19-18(20,21)13-3-1-4-14(11-13)24-9-7-23(8-10-24)12-25-16-15(27-17(25)26)5-2-6-22-16/h1-6,11H,7-10,12H2. The number of hydrogen-bond acceptors (Lipinski definition) is 5. The molecule has 0 N–H and O–H groups in total. The van der Waals surface area contributed by atoms with Crippen LogP contribution in [0.2, 0.25) is 0 Å². The molecule has 4 rings (SSSR count). The predicted molar refractivity (Wildman–Crippen MR) is 93.5 cm³/mol. The topological polar surface area (TPSA) is 54.5 Å². The number of oxazole rings is 1. The van der Waals surface area contributed by atoms with Crippen molar-refractivity contribution in [1.29, 1.82) is 0 Å². The molecule has 1 aliphatic heterocycles. The molecule has 6 nitrogen and oxygen atoms in total. The molecule has 0 saturated carbocycles. The molecule has 27 heavy (non-hydrogen) atoms. The summed E-state index contributed by atoms with van der Waals surface area (Å²) >= 11 is 0. The smallest absolute Gasteiger partial charge is 0.406 e. The Hall–Kier alpha value is -2.81. The van der Waals surface area contributed by atoms with E-state index in [0.29, 0.717) is 49.8 Å². The molecule has 3 heterocycles. The van der Waals surface area contributed by atoms with Crippen LogP contribution in [0.15, 0.2) is 51.8 Å². The molecule has 0 aliphatic carbocycles. The summed E-state index contributed by atoms with van der Waals surface area (Å²) in [4.78, 5) is 20.2. The molecule has 1 aliphatic rings. The number of benzene rings is 1. The van der Waals surface area contributed by atoms with Gasteiger partial charge in [0, 0.05) is 38.1 Å². The molecule has 9 heteroatoms. The van der Waals surface area contributed by atoms with Crippen molar-refractivity contribution in [3.8, 4) is 0 Å². The minimum atomic E-state index is -4.35. The number of halogens is 3. The van der Waals surface area contributed by atoms with Gasteiger partial charge in [-0.05, 0) is 30.3 Å². The van der Waals surface area contributed by atoms with Gasteiger partial charge in [0.2, 0.25) is 0 Å². The summed E-state index contributed by atoms with van der Waals surface area (Å²) in [5.74, 6) is -0.469. The van der Waals surface area contributed by atoms with E-state index in [1.807, 2.05) is 4.90 Å². The average molecular weight is 378 g/mol. The number of fused-ring (bicyclic) bond motifs is 1. The van der Waals surface area contributed by atoms with Crippen molar-refractivity contribution in [2.45, 2.75) is 12.8 Å². The van der Waals surface area contributed by atoms with Crippen LogP contribution in [0.5, 0.6) is 0 Å². The molecule has 0 amide bonds. The number of aromatic nitrogens is 2. The van der Waals surface area contributed by atoms with Crippen molar-refractivity contribution in [3.63, 3.8) is 0 Å². The SMILES string of the molecule is O=c1oc2cccnc2n1CN1CCN(c2cccc(C(F)(F)F)c2)CC1. The Kier molecular flexibility index (Phi) is 4.39. The summed E-state index contributed by atoms with van der Waals surface area (Å²) in [6.07, 6.45) is -2.76. The number of pyridine rings is 1. The van der Waals surface area contributed by atoms with Gasteiger partial charge in [0.15, 0.2) is 11.2 Å². The second-order valence-corrected chi connectivity index (χ2v) is 6.42. The van der Waals surface area contributed by atoms with E-state index < -0.39 is 17.5 Å². The third-order valence-electron chi connectivity index (χ3n) is 4.68. The van der Waals surface area contributed by atoms with Gasteiger partial charge in [0.05, 0.1) is 12.2 Å². The molecular weight excluding hydrogens is 361 g/mol. The van der Waals surface area contributed by atoms with Crippen molar-refractivity contribution in [1.82, 2.24) is 14.5 Å². The lowest BCUT2D eigenvalue weighted by Crippen LogP contribution is -2.47. The fourth-order valence-electron chi connectivity index (χ4n) is 3.25. The van der Waals surface area contributed by atoms with Gasteiger partial charge in [-0.25, -0.2) is 14.3 Å².